The van der Waals surface area contributed by atoms with Crippen molar-refractivity contribution in [2.24, 2.45) is 0 Å². The van der Waals surface area contributed by atoms with Gasteiger partial charge in [-0.25, -0.2) is 13.3 Å². The van der Waals surface area contributed by atoms with Crippen LogP contribution in [-0.4, -0.2) is 26.8 Å². The Balaban J connectivity index is 1.52. The van der Waals surface area contributed by atoms with Crippen LogP contribution in [0, 0.1) is 0 Å². The van der Waals surface area contributed by atoms with Crippen molar-refractivity contribution in [3.63, 3.8) is 0 Å². The van der Waals surface area contributed by atoms with Crippen LogP contribution < -0.4 is 9.21 Å². The third-order valence-corrected chi connectivity index (χ3v) is 8.60. The normalized spacial score (nSPS) is 16.6. The number of aryl methyl sites for hydroxylation is 2. The molecular weight excluding hydrogens is 432 g/mol. The van der Waals surface area contributed by atoms with Gasteiger partial charge in [0.2, 0.25) is 5.91 Å². The van der Waals surface area contributed by atoms with E-state index in [9.17, 15) is 18.0 Å². The summed E-state index contributed by atoms with van der Waals surface area (Å²) in [5, 5.41) is 1.84. The SMILES string of the molecule is O=C1CCc2ccccc2C(=O)N1c1cc(S(=O)(=O)N2CCCc3ccccc32)cs1. The number of nitrogens with zero attached hydrogens (tertiary/aromatic N) is 2. The lowest BCUT2D eigenvalue weighted by molar-refractivity contribution is -0.117. The number of benzene rings is 2. The lowest BCUT2D eigenvalue weighted by atomic mass is 10.0. The molecule has 0 radical (unpaired) electrons. The molecule has 2 aromatic carbocycles. The van der Waals surface area contributed by atoms with Crippen LogP contribution in [0.2, 0.25) is 0 Å². The molecule has 5 rings (SSSR count). The number of carbonyl (C=O) groups is 2. The lowest BCUT2D eigenvalue weighted by Gasteiger charge is -2.30. The number of thiophene rings is 1. The number of hydrogen-bond acceptors (Lipinski definition) is 5. The second-order valence-electron chi connectivity index (χ2n) is 7.62. The van der Waals surface area contributed by atoms with Gasteiger partial charge < -0.3 is 0 Å². The van der Waals surface area contributed by atoms with E-state index in [-0.39, 0.29) is 17.2 Å². The molecule has 31 heavy (non-hydrogen) atoms. The van der Waals surface area contributed by atoms with Crippen molar-refractivity contribution in [1.29, 1.82) is 0 Å². The fraction of sp³-hybridized carbons (Fsp3) is 0.217. The highest BCUT2D eigenvalue weighted by Crippen LogP contribution is 2.36. The van der Waals surface area contributed by atoms with Gasteiger partial charge in [0, 0.05) is 23.9 Å². The lowest BCUT2D eigenvalue weighted by Crippen LogP contribution is -2.36. The van der Waals surface area contributed by atoms with Crippen molar-refractivity contribution in [1.82, 2.24) is 0 Å². The molecule has 158 valence electrons. The maximum absolute atomic E-state index is 13.4. The first kappa shape index (κ1) is 20.0. The zero-order valence-corrected chi connectivity index (χ0v) is 18.3. The van der Waals surface area contributed by atoms with Gasteiger partial charge in [0.1, 0.15) is 9.90 Å². The summed E-state index contributed by atoms with van der Waals surface area (Å²) in [6.45, 7) is 0.402. The van der Waals surface area contributed by atoms with Crippen molar-refractivity contribution in [3.8, 4) is 0 Å². The molecule has 2 aliphatic rings. The van der Waals surface area contributed by atoms with Crippen LogP contribution in [0.5, 0.6) is 0 Å². The Morgan fingerprint density at radius 1 is 0.871 bits per heavy atom. The molecule has 6 nitrogen and oxygen atoms in total. The summed E-state index contributed by atoms with van der Waals surface area (Å²) in [7, 11) is -3.80. The average Bonchev–Trinajstić information content (AvgIpc) is 3.23. The second-order valence-corrected chi connectivity index (χ2v) is 10.4. The molecule has 0 N–H and O–H groups in total. The molecule has 0 atom stereocenters. The number of carbonyl (C=O) groups excluding carboxylic acids is 2. The standard InChI is InChI=1S/C23H20N2O4S2/c26-21-12-11-16-6-1-3-9-19(16)23(27)25(21)22-14-18(15-30-22)31(28,29)24-13-5-8-17-7-2-4-10-20(17)24/h1-4,6-7,9-10,14-15H,5,8,11-13H2. The van der Waals surface area contributed by atoms with Gasteiger partial charge in [-0.05, 0) is 48.6 Å². The molecule has 0 bridgehead atoms. The zero-order valence-electron chi connectivity index (χ0n) is 16.7. The molecule has 2 aliphatic heterocycles. The van der Waals surface area contributed by atoms with Gasteiger partial charge in [-0.15, -0.1) is 11.3 Å². The average molecular weight is 453 g/mol. The molecule has 0 saturated heterocycles. The van der Waals surface area contributed by atoms with Crippen molar-refractivity contribution in [2.45, 2.75) is 30.6 Å². The maximum Gasteiger partial charge on any atom is 0.265 e. The number of amides is 2. The number of hydrogen-bond donors (Lipinski definition) is 0. The minimum Gasteiger partial charge on any atom is -0.274 e. The summed E-state index contributed by atoms with van der Waals surface area (Å²) >= 11 is 1.10. The molecule has 8 heteroatoms. The van der Waals surface area contributed by atoms with E-state index in [1.54, 1.807) is 12.1 Å². The predicted octanol–water partition coefficient (Wildman–Crippen LogP) is 4.01. The van der Waals surface area contributed by atoms with E-state index < -0.39 is 15.9 Å². The molecule has 0 unspecified atom stereocenters. The first-order valence-electron chi connectivity index (χ1n) is 10.1. The summed E-state index contributed by atoms with van der Waals surface area (Å²) in [5.74, 6) is -0.734. The number of sulfonamides is 1. The Hall–Kier alpha value is -2.97. The predicted molar refractivity (Wildman–Crippen MR) is 120 cm³/mol. The van der Waals surface area contributed by atoms with Gasteiger partial charge in [-0.2, -0.15) is 0 Å². The Morgan fingerprint density at radius 3 is 2.45 bits per heavy atom. The first-order valence-corrected chi connectivity index (χ1v) is 12.4. The number of para-hydroxylation sites is 1. The largest absolute Gasteiger partial charge is 0.274 e. The molecule has 1 aromatic heterocycles. The van der Waals surface area contributed by atoms with Crippen LogP contribution >= 0.6 is 11.3 Å². The van der Waals surface area contributed by atoms with Crippen LogP contribution in [0.25, 0.3) is 0 Å². The van der Waals surface area contributed by atoms with E-state index in [0.717, 1.165) is 40.2 Å². The summed E-state index contributed by atoms with van der Waals surface area (Å²) in [6.07, 6.45) is 2.26. The van der Waals surface area contributed by atoms with E-state index in [1.807, 2.05) is 36.4 Å². The third-order valence-electron chi connectivity index (χ3n) is 5.75. The van der Waals surface area contributed by atoms with Gasteiger partial charge in [-0.1, -0.05) is 36.4 Å². The van der Waals surface area contributed by atoms with Crippen LogP contribution in [0.4, 0.5) is 10.7 Å². The van der Waals surface area contributed by atoms with Crippen molar-refractivity contribution < 1.29 is 18.0 Å². The first-order chi connectivity index (χ1) is 15.0. The quantitative estimate of drug-likeness (QED) is 0.563. The van der Waals surface area contributed by atoms with E-state index in [1.165, 1.54) is 15.8 Å². The van der Waals surface area contributed by atoms with Gasteiger partial charge in [0.05, 0.1) is 5.69 Å². The zero-order chi connectivity index (χ0) is 21.6. The van der Waals surface area contributed by atoms with Crippen LogP contribution in [-0.2, 0) is 27.7 Å². The van der Waals surface area contributed by atoms with Crippen LogP contribution in [0.15, 0.2) is 64.9 Å². The Labute approximate surface area is 184 Å². The highest BCUT2D eigenvalue weighted by atomic mass is 32.2. The van der Waals surface area contributed by atoms with E-state index >= 15 is 0 Å². The third kappa shape index (κ3) is 3.36. The van der Waals surface area contributed by atoms with Crippen molar-refractivity contribution in [2.75, 3.05) is 15.7 Å². The Morgan fingerprint density at radius 2 is 1.61 bits per heavy atom. The number of imide groups is 1. The Bertz CT molecular complexity index is 1300. The van der Waals surface area contributed by atoms with E-state index in [0.29, 0.717) is 29.2 Å². The summed E-state index contributed by atoms with van der Waals surface area (Å²) in [4.78, 5) is 27.1. The minimum absolute atomic E-state index is 0.0994. The monoisotopic (exact) mass is 452 g/mol. The fourth-order valence-corrected chi connectivity index (χ4v) is 7.01. The minimum atomic E-state index is -3.80. The van der Waals surface area contributed by atoms with E-state index in [2.05, 4.69) is 0 Å². The van der Waals surface area contributed by atoms with Crippen molar-refractivity contribution >= 4 is 43.9 Å². The molecule has 0 aliphatic carbocycles. The van der Waals surface area contributed by atoms with E-state index in [4.69, 9.17) is 0 Å². The molecular formula is C23H20N2O4S2. The van der Waals surface area contributed by atoms with Gasteiger partial charge in [0.25, 0.3) is 15.9 Å². The molecule has 0 fully saturated rings. The maximum atomic E-state index is 13.4. The Kier molecular flexibility index (Phi) is 4.91. The van der Waals surface area contributed by atoms with Gasteiger partial charge in [0.15, 0.2) is 0 Å². The highest BCUT2D eigenvalue weighted by Gasteiger charge is 2.34. The summed E-state index contributed by atoms with van der Waals surface area (Å²) < 4.78 is 28.3. The fourth-order valence-electron chi connectivity index (χ4n) is 4.19. The topological polar surface area (TPSA) is 74.8 Å². The second kappa shape index (κ2) is 7.62. The molecule has 0 saturated carbocycles. The van der Waals surface area contributed by atoms with Gasteiger partial charge >= 0.3 is 0 Å². The molecule has 3 heterocycles. The smallest absolute Gasteiger partial charge is 0.265 e. The molecule has 0 spiro atoms. The summed E-state index contributed by atoms with van der Waals surface area (Å²) in [6, 6.07) is 16.1. The molecule has 3 aromatic rings. The highest BCUT2D eigenvalue weighted by molar-refractivity contribution is 7.93. The number of fused-ring (bicyclic) bond motifs is 2. The van der Waals surface area contributed by atoms with Crippen LogP contribution in [0.1, 0.15) is 34.3 Å². The number of rotatable bonds is 3. The number of anilines is 2. The summed E-state index contributed by atoms with van der Waals surface area (Å²) in [5.41, 5.74) is 3.01. The van der Waals surface area contributed by atoms with Crippen molar-refractivity contribution in [3.05, 3.63) is 76.7 Å². The molecule has 2 amide bonds. The van der Waals surface area contributed by atoms with Gasteiger partial charge in [-0.3, -0.25) is 13.9 Å². The van der Waals surface area contributed by atoms with Crippen LogP contribution in [0.3, 0.4) is 0 Å².